The van der Waals surface area contributed by atoms with Crippen molar-refractivity contribution in [1.82, 2.24) is 15.3 Å². The fourth-order valence-corrected chi connectivity index (χ4v) is 2.93. The Morgan fingerprint density at radius 3 is 2.54 bits per heavy atom. The van der Waals surface area contributed by atoms with Crippen LogP contribution < -0.4 is 5.32 Å². The topological polar surface area (TPSA) is 95.3 Å². The Kier molecular flexibility index (Phi) is 4.43. The fourth-order valence-electron chi connectivity index (χ4n) is 2.13. The van der Waals surface area contributed by atoms with E-state index in [0.717, 1.165) is 10.4 Å². The van der Waals surface area contributed by atoms with Crippen molar-refractivity contribution in [2.45, 2.75) is 13.5 Å². The lowest BCUT2D eigenvalue weighted by atomic mass is 10.2. The Hall–Kier alpha value is -2.93. The molecule has 0 bridgehead atoms. The first kappa shape index (κ1) is 15.9. The lowest BCUT2D eigenvalue weighted by molar-refractivity contribution is 0.0942. The van der Waals surface area contributed by atoms with Gasteiger partial charge >= 0.3 is 0 Å². The average Bonchev–Trinajstić information content (AvgIpc) is 3.02. The van der Waals surface area contributed by atoms with E-state index in [1.165, 1.54) is 11.3 Å². The highest BCUT2D eigenvalue weighted by Crippen LogP contribution is 2.31. The van der Waals surface area contributed by atoms with Crippen LogP contribution in [0.15, 0.2) is 42.5 Å². The van der Waals surface area contributed by atoms with Crippen molar-refractivity contribution in [3.05, 3.63) is 58.6 Å². The number of aryl methyl sites for hydroxylation is 1. The number of carbonyl (C=O) groups excluding carboxylic acids is 1. The summed E-state index contributed by atoms with van der Waals surface area (Å²) in [6.07, 6.45) is 0. The van der Waals surface area contributed by atoms with Crippen LogP contribution in [0.25, 0.3) is 10.7 Å². The minimum Gasteiger partial charge on any atom is -0.501 e. The molecule has 0 atom stereocenters. The molecule has 0 unspecified atom stereocenters. The number of thiophene rings is 1. The zero-order valence-corrected chi connectivity index (χ0v) is 13.7. The van der Waals surface area contributed by atoms with E-state index in [-0.39, 0.29) is 18.1 Å². The monoisotopic (exact) mass is 341 g/mol. The number of hydrogen-bond acceptors (Lipinski definition) is 6. The molecule has 0 aliphatic rings. The van der Waals surface area contributed by atoms with Gasteiger partial charge in [0.05, 0.1) is 4.88 Å². The van der Waals surface area contributed by atoms with Crippen molar-refractivity contribution in [2.75, 3.05) is 0 Å². The summed E-state index contributed by atoms with van der Waals surface area (Å²) < 4.78 is 0. The Morgan fingerprint density at radius 2 is 1.88 bits per heavy atom. The molecule has 7 heteroatoms. The summed E-state index contributed by atoms with van der Waals surface area (Å²) in [5.74, 6) is -1.62. The van der Waals surface area contributed by atoms with Crippen molar-refractivity contribution < 1.29 is 15.0 Å². The molecule has 1 aromatic carbocycles. The number of rotatable bonds is 4. The SMILES string of the molecule is Cc1ccc(-c2nc(O)c(O)c(C(=O)NCc3ccccc3)n2)s1. The third-order valence-electron chi connectivity index (χ3n) is 3.34. The number of hydrogen-bond donors (Lipinski definition) is 3. The van der Waals surface area contributed by atoms with Crippen LogP contribution in [0.2, 0.25) is 0 Å². The average molecular weight is 341 g/mol. The molecular formula is C17H15N3O3S. The van der Waals surface area contributed by atoms with Crippen molar-refractivity contribution in [2.24, 2.45) is 0 Å². The van der Waals surface area contributed by atoms with Gasteiger partial charge in [0.1, 0.15) is 0 Å². The number of nitrogens with zero attached hydrogens (tertiary/aromatic N) is 2. The first-order valence-electron chi connectivity index (χ1n) is 7.23. The van der Waals surface area contributed by atoms with E-state index in [4.69, 9.17) is 0 Å². The van der Waals surface area contributed by atoms with Crippen LogP contribution in [0.4, 0.5) is 0 Å². The first-order valence-corrected chi connectivity index (χ1v) is 8.05. The minimum absolute atomic E-state index is 0.202. The van der Waals surface area contributed by atoms with Gasteiger partial charge in [0, 0.05) is 11.4 Å². The van der Waals surface area contributed by atoms with Gasteiger partial charge in [0.2, 0.25) is 5.75 Å². The highest BCUT2D eigenvalue weighted by atomic mass is 32.1. The van der Waals surface area contributed by atoms with E-state index >= 15 is 0 Å². The number of aromatic nitrogens is 2. The molecule has 0 fully saturated rings. The zero-order chi connectivity index (χ0) is 17.1. The van der Waals surface area contributed by atoms with Gasteiger partial charge in [-0.3, -0.25) is 4.79 Å². The molecule has 0 aliphatic carbocycles. The standard InChI is InChI=1S/C17H15N3O3S/c1-10-7-8-12(24-10)15-19-13(14(21)17(23)20-15)16(22)18-9-11-5-3-2-4-6-11/h2-8,21H,9H2,1H3,(H,18,22)(H,19,20,23). The van der Waals surface area contributed by atoms with Crippen LogP contribution in [-0.2, 0) is 6.54 Å². The Morgan fingerprint density at radius 1 is 1.12 bits per heavy atom. The lowest BCUT2D eigenvalue weighted by Crippen LogP contribution is -2.24. The molecule has 122 valence electrons. The van der Waals surface area contributed by atoms with E-state index < -0.39 is 17.5 Å². The number of nitrogens with one attached hydrogen (secondary N) is 1. The Labute approximate surface area is 142 Å². The van der Waals surface area contributed by atoms with E-state index in [1.807, 2.05) is 43.3 Å². The number of carbonyl (C=O) groups is 1. The van der Waals surface area contributed by atoms with Crippen molar-refractivity contribution >= 4 is 17.2 Å². The highest BCUT2D eigenvalue weighted by Gasteiger charge is 2.20. The molecule has 0 aliphatic heterocycles. The molecule has 6 nitrogen and oxygen atoms in total. The summed E-state index contributed by atoms with van der Waals surface area (Å²) in [5.41, 5.74) is 0.664. The second-order valence-corrected chi connectivity index (χ2v) is 6.43. The van der Waals surface area contributed by atoms with E-state index in [0.29, 0.717) is 4.88 Å². The molecule has 2 aromatic heterocycles. The van der Waals surface area contributed by atoms with Gasteiger partial charge in [-0.1, -0.05) is 30.3 Å². The van der Waals surface area contributed by atoms with Gasteiger partial charge in [-0.25, -0.2) is 4.98 Å². The summed E-state index contributed by atoms with van der Waals surface area (Å²) >= 11 is 1.44. The fraction of sp³-hybridized carbons (Fsp3) is 0.118. The minimum atomic E-state index is -0.627. The summed E-state index contributed by atoms with van der Waals surface area (Å²) in [5, 5.41) is 22.4. The molecular weight excluding hydrogens is 326 g/mol. The van der Waals surface area contributed by atoms with E-state index in [9.17, 15) is 15.0 Å². The van der Waals surface area contributed by atoms with Crippen LogP contribution in [0.5, 0.6) is 11.6 Å². The maximum atomic E-state index is 12.3. The molecule has 0 saturated heterocycles. The van der Waals surface area contributed by atoms with Crippen LogP contribution >= 0.6 is 11.3 Å². The normalized spacial score (nSPS) is 10.5. The second-order valence-electron chi connectivity index (χ2n) is 5.15. The van der Waals surface area contributed by atoms with Crippen LogP contribution in [0.1, 0.15) is 20.9 Å². The molecule has 3 rings (SSSR count). The summed E-state index contributed by atoms with van der Waals surface area (Å²) in [7, 11) is 0. The second kappa shape index (κ2) is 6.67. The van der Waals surface area contributed by atoms with Crippen molar-refractivity contribution in [1.29, 1.82) is 0 Å². The molecule has 3 N–H and O–H groups in total. The third kappa shape index (κ3) is 3.36. The molecule has 2 heterocycles. The van der Waals surface area contributed by atoms with E-state index in [2.05, 4.69) is 15.3 Å². The maximum absolute atomic E-state index is 12.3. The summed E-state index contributed by atoms with van der Waals surface area (Å²) in [4.78, 5) is 22.0. The highest BCUT2D eigenvalue weighted by molar-refractivity contribution is 7.15. The summed E-state index contributed by atoms with van der Waals surface area (Å²) in [6.45, 7) is 2.22. The van der Waals surface area contributed by atoms with Crippen molar-refractivity contribution in [3.8, 4) is 22.3 Å². The summed E-state index contributed by atoms with van der Waals surface area (Å²) in [6, 6.07) is 13.1. The predicted octanol–water partition coefficient (Wildman–Crippen LogP) is 2.85. The molecule has 0 spiro atoms. The third-order valence-corrected chi connectivity index (χ3v) is 4.33. The van der Waals surface area contributed by atoms with Gasteiger partial charge in [-0.05, 0) is 24.6 Å². The Balaban J connectivity index is 1.86. The zero-order valence-electron chi connectivity index (χ0n) is 12.9. The molecule has 1 amide bonds. The first-order chi connectivity index (χ1) is 11.5. The quantitative estimate of drug-likeness (QED) is 0.678. The predicted molar refractivity (Wildman–Crippen MR) is 91.0 cm³/mol. The molecule has 0 saturated carbocycles. The number of amides is 1. The lowest BCUT2D eigenvalue weighted by Gasteiger charge is -2.08. The smallest absolute Gasteiger partial charge is 0.274 e. The number of benzene rings is 1. The largest absolute Gasteiger partial charge is 0.501 e. The Bertz CT molecular complexity index is 878. The van der Waals surface area contributed by atoms with Gasteiger partial charge < -0.3 is 15.5 Å². The van der Waals surface area contributed by atoms with Gasteiger partial charge in [-0.2, -0.15) is 4.98 Å². The molecule has 3 aromatic rings. The maximum Gasteiger partial charge on any atom is 0.274 e. The van der Waals surface area contributed by atoms with Gasteiger partial charge in [0.15, 0.2) is 11.5 Å². The van der Waals surface area contributed by atoms with Crippen LogP contribution in [0, 0.1) is 6.92 Å². The van der Waals surface area contributed by atoms with E-state index in [1.54, 1.807) is 6.07 Å². The van der Waals surface area contributed by atoms with Gasteiger partial charge in [0.25, 0.3) is 11.8 Å². The van der Waals surface area contributed by atoms with Gasteiger partial charge in [-0.15, -0.1) is 11.3 Å². The van der Waals surface area contributed by atoms with Crippen LogP contribution in [0.3, 0.4) is 0 Å². The molecule has 0 radical (unpaired) electrons. The van der Waals surface area contributed by atoms with Crippen molar-refractivity contribution in [3.63, 3.8) is 0 Å². The number of aromatic hydroxyl groups is 2. The molecule has 24 heavy (non-hydrogen) atoms. The van der Waals surface area contributed by atoms with Crippen LogP contribution in [-0.4, -0.2) is 26.1 Å².